The molecule has 1 N–H and O–H groups in total. The predicted molar refractivity (Wildman–Crippen MR) is 106 cm³/mol. The van der Waals surface area contributed by atoms with Crippen LogP contribution in [0, 0.1) is 6.92 Å². The number of rotatable bonds is 7. The summed E-state index contributed by atoms with van der Waals surface area (Å²) in [6, 6.07) is 11.8. The Morgan fingerprint density at radius 1 is 1.37 bits per heavy atom. The third-order valence-electron chi connectivity index (χ3n) is 4.06. The fourth-order valence-corrected chi connectivity index (χ4v) is 3.71. The highest BCUT2D eigenvalue weighted by Crippen LogP contribution is 2.29. The van der Waals surface area contributed by atoms with Gasteiger partial charge >= 0.3 is 5.97 Å². The summed E-state index contributed by atoms with van der Waals surface area (Å²) in [6.07, 6.45) is 0.698. The lowest BCUT2D eigenvalue weighted by molar-refractivity contribution is -0.128. The fraction of sp³-hybridized carbons (Fsp3) is 0.250. The maximum absolute atomic E-state index is 12.4. The molecule has 0 spiro atoms. The zero-order chi connectivity index (χ0) is 19.4. The number of aryl methyl sites for hydroxylation is 1. The summed E-state index contributed by atoms with van der Waals surface area (Å²) >= 11 is 1.32. The highest BCUT2D eigenvalue weighted by molar-refractivity contribution is 7.20. The quantitative estimate of drug-likeness (QED) is 0.502. The number of esters is 1. The topological polar surface area (TPSA) is 73.2 Å². The van der Waals surface area contributed by atoms with E-state index in [1.807, 2.05) is 41.9 Å². The number of nitrogens with zero attached hydrogens (tertiary/aromatic N) is 2. The molecule has 2 aromatic heterocycles. The third-order valence-corrected chi connectivity index (χ3v) is 5.19. The van der Waals surface area contributed by atoms with Crippen LogP contribution in [-0.4, -0.2) is 34.3 Å². The monoisotopic (exact) mass is 383 g/mol. The molecular formula is C20H21N3O3S. The number of hydrogen-bond donors (Lipinski definition) is 1. The molecule has 27 heavy (non-hydrogen) atoms. The minimum Gasteiger partial charge on any atom is -0.448 e. The lowest BCUT2D eigenvalue weighted by Crippen LogP contribution is -2.35. The second-order valence-corrected chi connectivity index (χ2v) is 7.17. The van der Waals surface area contributed by atoms with Crippen molar-refractivity contribution in [1.29, 1.82) is 0 Å². The molecule has 7 heteroatoms. The van der Waals surface area contributed by atoms with Gasteiger partial charge in [-0.3, -0.25) is 9.48 Å². The zero-order valence-corrected chi connectivity index (χ0v) is 16.1. The number of ether oxygens (including phenoxy) is 1. The first-order chi connectivity index (χ1) is 13.0. The second-order valence-electron chi connectivity index (χ2n) is 6.14. The van der Waals surface area contributed by atoms with Crippen molar-refractivity contribution in [3.63, 3.8) is 0 Å². The van der Waals surface area contributed by atoms with Crippen molar-refractivity contribution < 1.29 is 14.3 Å². The van der Waals surface area contributed by atoms with E-state index in [-0.39, 0.29) is 5.91 Å². The molecule has 3 rings (SSSR count). The van der Waals surface area contributed by atoms with Crippen LogP contribution in [0.4, 0.5) is 0 Å². The van der Waals surface area contributed by atoms with Crippen LogP contribution in [0.25, 0.3) is 10.2 Å². The molecule has 0 fully saturated rings. The van der Waals surface area contributed by atoms with E-state index in [1.54, 1.807) is 19.1 Å². The first kappa shape index (κ1) is 18.8. The molecule has 1 aromatic carbocycles. The van der Waals surface area contributed by atoms with Gasteiger partial charge in [0.1, 0.15) is 9.71 Å². The van der Waals surface area contributed by atoms with Crippen LogP contribution < -0.4 is 5.32 Å². The first-order valence-corrected chi connectivity index (χ1v) is 9.41. The average Bonchev–Trinajstić information content (AvgIpc) is 3.22. The highest BCUT2D eigenvalue weighted by Gasteiger charge is 2.22. The highest BCUT2D eigenvalue weighted by atomic mass is 32.1. The molecule has 0 saturated heterocycles. The first-order valence-electron chi connectivity index (χ1n) is 8.60. The Hall–Kier alpha value is -2.93. The third kappa shape index (κ3) is 4.25. The summed E-state index contributed by atoms with van der Waals surface area (Å²) in [5, 5.41) is 8.10. The van der Waals surface area contributed by atoms with Gasteiger partial charge in [-0.2, -0.15) is 5.10 Å². The van der Waals surface area contributed by atoms with E-state index in [0.717, 1.165) is 21.5 Å². The molecule has 1 amide bonds. The molecule has 0 saturated carbocycles. The van der Waals surface area contributed by atoms with E-state index in [9.17, 15) is 9.59 Å². The Labute approximate surface area is 161 Å². The van der Waals surface area contributed by atoms with Gasteiger partial charge in [0.05, 0.1) is 12.2 Å². The minimum absolute atomic E-state index is 0.331. The lowest BCUT2D eigenvalue weighted by Gasteiger charge is -2.11. The molecule has 6 nitrogen and oxygen atoms in total. The second kappa shape index (κ2) is 8.18. The van der Waals surface area contributed by atoms with Gasteiger partial charge < -0.3 is 10.1 Å². The number of thiophene rings is 1. The number of amides is 1. The Bertz CT molecular complexity index is 975. The van der Waals surface area contributed by atoms with Crippen LogP contribution in [0.2, 0.25) is 0 Å². The molecule has 1 atom stereocenters. The summed E-state index contributed by atoms with van der Waals surface area (Å²) < 4.78 is 7.18. The van der Waals surface area contributed by atoms with E-state index < -0.39 is 12.1 Å². The predicted octanol–water partition coefficient (Wildman–Crippen LogP) is 3.30. The Balaban J connectivity index is 1.78. The van der Waals surface area contributed by atoms with Gasteiger partial charge in [0.15, 0.2) is 6.10 Å². The number of carbonyl (C=O) groups excluding carboxylic acids is 2. The van der Waals surface area contributed by atoms with Crippen LogP contribution in [0.15, 0.2) is 49.1 Å². The maximum atomic E-state index is 12.4. The minimum atomic E-state index is -0.871. The van der Waals surface area contributed by atoms with Gasteiger partial charge in [-0.15, -0.1) is 17.9 Å². The lowest BCUT2D eigenvalue weighted by atomic mass is 10.2. The van der Waals surface area contributed by atoms with Crippen molar-refractivity contribution in [3.05, 3.63) is 65.2 Å². The van der Waals surface area contributed by atoms with E-state index in [2.05, 4.69) is 17.0 Å². The number of aromatic nitrogens is 2. The average molecular weight is 383 g/mol. The molecule has 0 aliphatic rings. The normalized spacial score (nSPS) is 11.9. The molecule has 0 aliphatic heterocycles. The summed E-state index contributed by atoms with van der Waals surface area (Å²) in [6.45, 7) is 7.95. The van der Waals surface area contributed by atoms with Crippen LogP contribution in [0.3, 0.4) is 0 Å². The Morgan fingerprint density at radius 2 is 2.11 bits per heavy atom. The van der Waals surface area contributed by atoms with Crippen molar-refractivity contribution in [2.24, 2.45) is 0 Å². The van der Waals surface area contributed by atoms with Gasteiger partial charge in [0, 0.05) is 11.9 Å². The maximum Gasteiger partial charge on any atom is 0.349 e. The van der Waals surface area contributed by atoms with Crippen LogP contribution in [-0.2, 0) is 16.1 Å². The fourth-order valence-electron chi connectivity index (χ4n) is 2.67. The van der Waals surface area contributed by atoms with Crippen LogP contribution >= 0.6 is 11.3 Å². The summed E-state index contributed by atoms with van der Waals surface area (Å²) in [4.78, 5) is 25.7. The summed E-state index contributed by atoms with van der Waals surface area (Å²) in [5.41, 5.74) is 1.99. The smallest absolute Gasteiger partial charge is 0.349 e. The molecular weight excluding hydrogens is 362 g/mol. The van der Waals surface area contributed by atoms with Gasteiger partial charge in [-0.1, -0.05) is 36.4 Å². The number of nitrogens with one attached hydrogen (secondary N) is 1. The number of hydrogen-bond acceptors (Lipinski definition) is 5. The largest absolute Gasteiger partial charge is 0.448 e. The SMILES string of the molecule is C=CCNC(=O)[C@H](C)OC(=O)c1cc2c(C)nn(Cc3ccccc3)c2s1. The van der Waals surface area contributed by atoms with Gasteiger partial charge in [-0.05, 0) is 25.5 Å². The van der Waals surface area contributed by atoms with E-state index in [1.165, 1.54) is 11.3 Å². The van der Waals surface area contributed by atoms with Crippen molar-refractivity contribution in [2.45, 2.75) is 26.5 Å². The zero-order valence-electron chi connectivity index (χ0n) is 15.3. The van der Waals surface area contributed by atoms with Crippen molar-refractivity contribution >= 4 is 33.4 Å². The summed E-state index contributed by atoms with van der Waals surface area (Å²) in [7, 11) is 0. The van der Waals surface area contributed by atoms with E-state index >= 15 is 0 Å². The van der Waals surface area contributed by atoms with Crippen molar-refractivity contribution in [2.75, 3.05) is 6.54 Å². The van der Waals surface area contributed by atoms with Gasteiger partial charge in [-0.25, -0.2) is 4.79 Å². The van der Waals surface area contributed by atoms with E-state index in [0.29, 0.717) is 18.0 Å². The van der Waals surface area contributed by atoms with Gasteiger partial charge in [0.25, 0.3) is 5.91 Å². The van der Waals surface area contributed by atoms with Crippen molar-refractivity contribution in [1.82, 2.24) is 15.1 Å². The van der Waals surface area contributed by atoms with E-state index in [4.69, 9.17) is 4.74 Å². The van der Waals surface area contributed by atoms with Crippen LogP contribution in [0.1, 0.15) is 27.9 Å². The number of fused-ring (bicyclic) bond motifs is 1. The molecule has 0 bridgehead atoms. The Morgan fingerprint density at radius 3 is 2.81 bits per heavy atom. The molecule has 0 radical (unpaired) electrons. The van der Waals surface area contributed by atoms with Gasteiger partial charge in [0.2, 0.25) is 0 Å². The molecule has 3 aromatic rings. The molecule has 0 aliphatic carbocycles. The van der Waals surface area contributed by atoms with Crippen LogP contribution in [0.5, 0.6) is 0 Å². The molecule has 2 heterocycles. The number of benzene rings is 1. The standard InChI is InChI=1S/C20H21N3O3S/c1-4-10-21-18(24)14(3)26-20(25)17-11-16-13(2)22-23(19(16)27-17)12-15-8-6-5-7-9-15/h4-9,11,14H,1,10,12H2,2-3H3,(H,21,24)/t14-/m0/s1. The summed E-state index contributed by atoms with van der Waals surface area (Å²) in [5.74, 6) is -0.862. The Kier molecular flexibility index (Phi) is 5.71. The van der Waals surface area contributed by atoms with Crippen molar-refractivity contribution in [3.8, 4) is 0 Å². The molecule has 140 valence electrons. The number of carbonyl (C=O) groups is 2. The molecule has 0 unspecified atom stereocenters.